The number of piperidine rings is 1. The largest absolute Gasteiger partial charge is 0.342 e. The zero-order chi connectivity index (χ0) is 17.4. The van der Waals surface area contributed by atoms with Crippen LogP contribution in [0.5, 0.6) is 0 Å². The van der Waals surface area contributed by atoms with Crippen molar-refractivity contribution in [2.75, 3.05) is 24.5 Å². The van der Waals surface area contributed by atoms with Gasteiger partial charge >= 0.3 is 0 Å². The van der Waals surface area contributed by atoms with Crippen molar-refractivity contribution in [1.82, 2.24) is 4.90 Å². The molecule has 4 nitrogen and oxygen atoms in total. The van der Waals surface area contributed by atoms with Gasteiger partial charge in [0.25, 0.3) is 0 Å². The summed E-state index contributed by atoms with van der Waals surface area (Å²) in [6.45, 7) is 10.7. The first-order valence-corrected chi connectivity index (χ1v) is 9.02. The van der Waals surface area contributed by atoms with E-state index >= 15 is 0 Å². The van der Waals surface area contributed by atoms with Gasteiger partial charge in [-0.15, -0.1) is 0 Å². The van der Waals surface area contributed by atoms with Crippen LogP contribution in [0.2, 0.25) is 0 Å². The first-order valence-electron chi connectivity index (χ1n) is 9.02. The van der Waals surface area contributed by atoms with Crippen LogP contribution in [0.3, 0.4) is 0 Å². The monoisotopic (exact) mass is 328 g/mol. The van der Waals surface area contributed by atoms with Crippen LogP contribution < -0.4 is 4.90 Å². The molecule has 3 unspecified atom stereocenters. The molecule has 0 saturated carbocycles. The van der Waals surface area contributed by atoms with Crippen molar-refractivity contribution in [3.63, 3.8) is 0 Å². The van der Waals surface area contributed by atoms with Crippen LogP contribution in [-0.2, 0) is 9.59 Å². The SMILES string of the molecule is Cc1cccc(N2CC(C(=O)N3CC(C)CC(C)C3)CC2=O)c1C. The van der Waals surface area contributed by atoms with Crippen molar-refractivity contribution >= 4 is 17.5 Å². The second kappa shape index (κ2) is 6.58. The van der Waals surface area contributed by atoms with E-state index in [2.05, 4.69) is 26.8 Å². The van der Waals surface area contributed by atoms with E-state index in [0.29, 0.717) is 24.8 Å². The molecular formula is C20H28N2O2. The van der Waals surface area contributed by atoms with Gasteiger partial charge in [-0.05, 0) is 49.3 Å². The highest BCUT2D eigenvalue weighted by Crippen LogP contribution is 2.31. The molecule has 0 aliphatic carbocycles. The van der Waals surface area contributed by atoms with Gasteiger partial charge in [0, 0.05) is 31.7 Å². The summed E-state index contributed by atoms with van der Waals surface area (Å²) in [4.78, 5) is 29.2. The van der Waals surface area contributed by atoms with Gasteiger partial charge < -0.3 is 9.80 Å². The summed E-state index contributed by atoms with van der Waals surface area (Å²) in [6.07, 6.45) is 1.52. The lowest BCUT2D eigenvalue weighted by Gasteiger charge is -2.36. The minimum Gasteiger partial charge on any atom is -0.342 e. The Kier molecular flexibility index (Phi) is 4.66. The predicted octanol–water partition coefficient (Wildman–Crippen LogP) is 3.16. The number of amides is 2. The molecular weight excluding hydrogens is 300 g/mol. The van der Waals surface area contributed by atoms with Crippen molar-refractivity contribution in [2.24, 2.45) is 17.8 Å². The Morgan fingerprint density at radius 3 is 2.42 bits per heavy atom. The molecule has 0 spiro atoms. The van der Waals surface area contributed by atoms with Crippen LogP contribution >= 0.6 is 0 Å². The smallest absolute Gasteiger partial charge is 0.228 e. The molecule has 0 bridgehead atoms. The minimum atomic E-state index is -0.199. The second-order valence-corrected chi connectivity index (χ2v) is 7.81. The number of anilines is 1. The van der Waals surface area contributed by atoms with Gasteiger partial charge in [0.05, 0.1) is 5.92 Å². The third-order valence-electron chi connectivity index (χ3n) is 5.52. The van der Waals surface area contributed by atoms with Crippen molar-refractivity contribution in [3.05, 3.63) is 29.3 Å². The highest BCUT2D eigenvalue weighted by Gasteiger charge is 2.39. The summed E-state index contributed by atoms with van der Waals surface area (Å²) in [5, 5.41) is 0. The maximum absolute atomic E-state index is 12.9. The topological polar surface area (TPSA) is 40.6 Å². The molecule has 2 aliphatic rings. The average molecular weight is 328 g/mol. The van der Waals surface area contributed by atoms with E-state index in [4.69, 9.17) is 0 Å². The van der Waals surface area contributed by atoms with E-state index < -0.39 is 0 Å². The molecule has 2 aliphatic heterocycles. The van der Waals surface area contributed by atoms with Crippen LogP contribution in [0, 0.1) is 31.6 Å². The van der Waals surface area contributed by atoms with Crippen LogP contribution in [0.1, 0.15) is 37.8 Å². The molecule has 130 valence electrons. The van der Waals surface area contributed by atoms with Gasteiger partial charge in [-0.1, -0.05) is 26.0 Å². The number of hydrogen-bond acceptors (Lipinski definition) is 2. The number of carbonyl (C=O) groups is 2. The molecule has 0 aromatic heterocycles. The Bertz CT molecular complexity index is 645. The van der Waals surface area contributed by atoms with Gasteiger partial charge in [0.2, 0.25) is 11.8 Å². The van der Waals surface area contributed by atoms with E-state index in [1.807, 2.05) is 28.9 Å². The number of carbonyl (C=O) groups excluding carboxylic acids is 2. The molecule has 4 heteroatoms. The van der Waals surface area contributed by atoms with E-state index in [0.717, 1.165) is 24.3 Å². The Labute approximate surface area is 144 Å². The van der Waals surface area contributed by atoms with Crippen LogP contribution in [0.4, 0.5) is 5.69 Å². The van der Waals surface area contributed by atoms with Crippen LogP contribution in [-0.4, -0.2) is 36.3 Å². The van der Waals surface area contributed by atoms with Crippen molar-refractivity contribution < 1.29 is 9.59 Å². The lowest BCUT2D eigenvalue weighted by atomic mass is 9.91. The van der Waals surface area contributed by atoms with Crippen molar-refractivity contribution in [2.45, 2.75) is 40.5 Å². The molecule has 1 aromatic rings. The highest BCUT2D eigenvalue weighted by atomic mass is 16.2. The fourth-order valence-electron chi connectivity index (χ4n) is 4.23. The Morgan fingerprint density at radius 2 is 1.75 bits per heavy atom. The number of benzene rings is 1. The van der Waals surface area contributed by atoms with Crippen molar-refractivity contribution in [3.8, 4) is 0 Å². The van der Waals surface area contributed by atoms with E-state index in [9.17, 15) is 9.59 Å². The molecule has 2 fully saturated rings. The predicted molar refractivity (Wildman–Crippen MR) is 95.9 cm³/mol. The van der Waals surface area contributed by atoms with E-state index in [1.165, 1.54) is 12.0 Å². The first kappa shape index (κ1) is 17.0. The summed E-state index contributed by atoms with van der Waals surface area (Å²) >= 11 is 0. The summed E-state index contributed by atoms with van der Waals surface area (Å²) in [5.74, 6) is 1.12. The number of nitrogens with zero attached hydrogens (tertiary/aromatic N) is 2. The van der Waals surface area contributed by atoms with E-state index in [1.54, 1.807) is 0 Å². The quantitative estimate of drug-likeness (QED) is 0.837. The second-order valence-electron chi connectivity index (χ2n) is 7.81. The normalized spacial score (nSPS) is 27.7. The van der Waals surface area contributed by atoms with Crippen LogP contribution in [0.25, 0.3) is 0 Å². The van der Waals surface area contributed by atoms with Gasteiger partial charge in [0.15, 0.2) is 0 Å². The zero-order valence-corrected chi connectivity index (χ0v) is 15.2. The molecule has 24 heavy (non-hydrogen) atoms. The summed E-state index contributed by atoms with van der Waals surface area (Å²) in [5.41, 5.74) is 3.25. The highest BCUT2D eigenvalue weighted by molar-refractivity contribution is 6.01. The molecule has 3 atom stereocenters. The molecule has 0 radical (unpaired) electrons. The zero-order valence-electron chi connectivity index (χ0n) is 15.2. The van der Waals surface area contributed by atoms with Gasteiger partial charge in [-0.2, -0.15) is 0 Å². The maximum Gasteiger partial charge on any atom is 0.228 e. The van der Waals surface area contributed by atoms with E-state index in [-0.39, 0.29) is 17.7 Å². The summed E-state index contributed by atoms with van der Waals surface area (Å²) in [7, 11) is 0. The first-order chi connectivity index (χ1) is 11.4. The molecule has 2 heterocycles. The lowest BCUT2D eigenvalue weighted by molar-refractivity contribution is -0.138. The average Bonchev–Trinajstić information content (AvgIpc) is 2.90. The maximum atomic E-state index is 12.9. The summed E-state index contributed by atoms with van der Waals surface area (Å²) in [6, 6.07) is 6.02. The number of aryl methyl sites for hydroxylation is 1. The fraction of sp³-hybridized carbons (Fsp3) is 0.600. The Balaban J connectivity index is 1.75. The van der Waals surface area contributed by atoms with Crippen molar-refractivity contribution in [1.29, 1.82) is 0 Å². The third kappa shape index (κ3) is 3.19. The number of rotatable bonds is 2. The minimum absolute atomic E-state index is 0.0696. The molecule has 0 N–H and O–H groups in total. The standard InChI is InChI=1S/C20H28N2O2/c1-13-8-14(2)11-21(10-13)20(24)17-9-19(23)22(12-17)18-7-5-6-15(3)16(18)4/h5-7,13-14,17H,8-12H2,1-4H3. The third-order valence-corrected chi connectivity index (χ3v) is 5.52. The lowest BCUT2D eigenvalue weighted by Crippen LogP contribution is -2.45. The van der Waals surface area contributed by atoms with Gasteiger partial charge in [-0.25, -0.2) is 0 Å². The fourth-order valence-corrected chi connectivity index (χ4v) is 4.23. The Morgan fingerprint density at radius 1 is 1.08 bits per heavy atom. The Hall–Kier alpha value is -1.84. The van der Waals surface area contributed by atoms with Crippen LogP contribution in [0.15, 0.2) is 18.2 Å². The molecule has 2 saturated heterocycles. The summed E-state index contributed by atoms with van der Waals surface area (Å²) < 4.78 is 0. The molecule has 3 rings (SSSR count). The number of hydrogen-bond donors (Lipinski definition) is 0. The van der Waals surface area contributed by atoms with Gasteiger partial charge in [-0.3, -0.25) is 9.59 Å². The number of likely N-dealkylation sites (tertiary alicyclic amines) is 1. The molecule has 1 aromatic carbocycles. The molecule has 2 amide bonds. The van der Waals surface area contributed by atoms with Gasteiger partial charge in [0.1, 0.15) is 0 Å².